The lowest BCUT2D eigenvalue weighted by atomic mass is 10.3. The third-order valence-electron chi connectivity index (χ3n) is 3.32. The van der Waals surface area contributed by atoms with Crippen molar-refractivity contribution in [1.29, 1.82) is 0 Å². The van der Waals surface area contributed by atoms with E-state index in [1.807, 2.05) is 18.2 Å². The van der Waals surface area contributed by atoms with Crippen LogP contribution in [0.4, 0.5) is 10.7 Å². The van der Waals surface area contributed by atoms with Crippen molar-refractivity contribution in [2.75, 3.05) is 16.8 Å². The van der Waals surface area contributed by atoms with E-state index in [1.165, 1.54) is 10.6 Å². The number of halogens is 2. The molecule has 1 aromatic carbocycles. The summed E-state index contributed by atoms with van der Waals surface area (Å²) < 4.78 is 0. The molecule has 1 atom stereocenters. The maximum atomic E-state index is 6.23. The van der Waals surface area contributed by atoms with Crippen molar-refractivity contribution in [3.05, 3.63) is 45.3 Å². The number of benzene rings is 1. The predicted molar refractivity (Wildman–Crippen MR) is 93.4 cm³/mol. The third kappa shape index (κ3) is 2.89. The summed E-state index contributed by atoms with van der Waals surface area (Å²) in [6, 6.07) is 7.81. The second-order valence-corrected chi connectivity index (χ2v) is 6.75. The molecule has 0 amide bonds. The van der Waals surface area contributed by atoms with Crippen LogP contribution in [-0.4, -0.2) is 18.5 Å². The molecular weight excluding hydrogens is 325 g/mol. The van der Waals surface area contributed by atoms with Crippen LogP contribution >= 0.6 is 34.5 Å². The number of thiophene rings is 1. The molecule has 2 aromatic rings. The average molecular weight is 340 g/mol. The zero-order valence-electron chi connectivity index (χ0n) is 11.7. The molecule has 1 aliphatic rings. The first kappa shape index (κ1) is 14.7. The van der Waals surface area contributed by atoms with Gasteiger partial charge in [0.05, 0.1) is 21.8 Å². The van der Waals surface area contributed by atoms with Gasteiger partial charge in [0.1, 0.15) is 5.00 Å². The maximum absolute atomic E-state index is 6.23. The van der Waals surface area contributed by atoms with Crippen LogP contribution < -0.4 is 10.2 Å². The largest absolute Gasteiger partial charge is 0.323 e. The molecule has 0 saturated carbocycles. The van der Waals surface area contributed by atoms with Gasteiger partial charge in [-0.1, -0.05) is 29.3 Å². The molecule has 0 fully saturated rings. The molecule has 21 heavy (non-hydrogen) atoms. The van der Waals surface area contributed by atoms with Crippen LogP contribution in [0.5, 0.6) is 0 Å². The van der Waals surface area contributed by atoms with Gasteiger partial charge in [-0.05, 0) is 43.0 Å². The van der Waals surface area contributed by atoms with E-state index < -0.39 is 0 Å². The molecule has 0 bridgehead atoms. The van der Waals surface area contributed by atoms with Crippen LogP contribution in [-0.2, 0) is 0 Å². The van der Waals surface area contributed by atoms with Gasteiger partial charge in [-0.25, -0.2) is 4.99 Å². The van der Waals surface area contributed by atoms with Crippen LogP contribution in [0.15, 0.2) is 34.6 Å². The normalized spacial score (nSPS) is 18.0. The predicted octanol–water partition coefficient (Wildman–Crippen LogP) is 5.04. The van der Waals surface area contributed by atoms with Crippen molar-refractivity contribution in [1.82, 2.24) is 0 Å². The zero-order valence-corrected chi connectivity index (χ0v) is 14.1. The summed E-state index contributed by atoms with van der Waals surface area (Å²) in [7, 11) is 0. The number of hydrogen-bond donors (Lipinski definition) is 1. The molecule has 1 N–H and O–H groups in total. The Balaban J connectivity index is 1.93. The van der Waals surface area contributed by atoms with Crippen molar-refractivity contribution in [2.45, 2.75) is 19.9 Å². The van der Waals surface area contributed by atoms with Gasteiger partial charge in [-0.2, -0.15) is 0 Å². The van der Waals surface area contributed by atoms with E-state index >= 15 is 0 Å². The first-order valence-corrected chi connectivity index (χ1v) is 8.30. The minimum absolute atomic E-state index is 0.232. The molecule has 110 valence electrons. The van der Waals surface area contributed by atoms with Crippen LogP contribution in [0, 0.1) is 6.92 Å². The van der Waals surface area contributed by atoms with E-state index in [1.54, 1.807) is 11.3 Å². The molecular formula is C15H15Cl2N3S. The van der Waals surface area contributed by atoms with Crippen molar-refractivity contribution in [3.63, 3.8) is 0 Å². The van der Waals surface area contributed by atoms with E-state index in [-0.39, 0.29) is 6.04 Å². The lowest BCUT2D eigenvalue weighted by Gasteiger charge is -2.21. The molecule has 3 nitrogen and oxygen atoms in total. The maximum Gasteiger partial charge on any atom is 0.204 e. The van der Waals surface area contributed by atoms with Gasteiger partial charge >= 0.3 is 0 Å². The highest BCUT2D eigenvalue weighted by Gasteiger charge is 2.26. The van der Waals surface area contributed by atoms with E-state index in [2.05, 4.69) is 40.5 Å². The van der Waals surface area contributed by atoms with Gasteiger partial charge in [0, 0.05) is 6.54 Å². The van der Waals surface area contributed by atoms with Crippen LogP contribution in [0.1, 0.15) is 12.5 Å². The zero-order chi connectivity index (χ0) is 15.0. The fourth-order valence-corrected chi connectivity index (χ4v) is 3.75. The van der Waals surface area contributed by atoms with E-state index in [0.717, 1.165) is 12.5 Å². The monoisotopic (exact) mass is 339 g/mol. The van der Waals surface area contributed by atoms with Crippen LogP contribution in [0.3, 0.4) is 0 Å². The number of nitrogens with one attached hydrogen (secondary N) is 1. The number of rotatable bonds is 2. The number of nitrogens with zero attached hydrogens (tertiary/aromatic N) is 2. The lowest BCUT2D eigenvalue weighted by molar-refractivity contribution is 0.797. The number of aryl methyl sites for hydroxylation is 1. The summed E-state index contributed by atoms with van der Waals surface area (Å²) in [5, 5.41) is 7.77. The van der Waals surface area contributed by atoms with Gasteiger partial charge in [0.15, 0.2) is 0 Å². The Hall–Kier alpha value is -1.23. The molecule has 0 radical (unpaired) electrons. The first-order valence-electron chi connectivity index (χ1n) is 6.66. The second kappa shape index (κ2) is 5.87. The number of aliphatic imine (C=N–C) groups is 1. The van der Waals surface area contributed by atoms with Gasteiger partial charge in [0.2, 0.25) is 5.96 Å². The number of hydrogen-bond acceptors (Lipinski definition) is 4. The Morgan fingerprint density at radius 3 is 2.62 bits per heavy atom. The van der Waals surface area contributed by atoms with E-state index in [9.17, 15) is 0 Å². The molecule has 1 unspecified atom stereocenters. The van der Waals surface area contributed by atoms with E-state index in [4.69, 9.17) is 23.2 Å². The third-order valence-corrected chi connectivity index (χ3v) is 4.99. The summed E-state index contributed by atoms with van der Waals surface area (Å²) in [5.41, 5.74) is 1.95. The highest BCUT2D eigenvalue weighted by Crippen LogP contribution is 2.33. The lowest BCUT2D eigenvalue weighted by Crippen LogP contribution is -2.33. The molecule has 1 aliphatic heterocycles. The molecule has 0 spiro atoms. The highest BCUT2D eigenvalue weighted by atomic mass is 35.5. The van der Waals surface area contributed by atoms with Crippen molar-refractivity contribution >= 4 is 51.2 Å². The smallest absolute Gasteiger partial charge is 0.204 e. The topological polar surface area (TPSA) is 27.6 Å². The van der Waals surface area contributed by atoms with Crippen LogP contribution in [0.25, 0.3) is 0 Å². The molecule has 0 saturated heterocycles. The highest BCUT2D eigenvalue weighted by molar-refractivity contribution is 7.14. The van der Waals surface area contributed by atoms with Gasteiger partial charge in [-0.15, -0.1) is 11.3 Å². The van der Waals surface area contributed by atoms with Gasteiger partial charge < -0.3 is 10.2 Å². The Labute approximate surface area is 138 Å². The number of para-hydroxylation sites is 1. The van der Waals surface area contributed by atoms with Crippen LogP contribution in [0.2, 0.25) is 10.0 Å². The SMILES string of the molecule is Cc1ccsc1N1CC(C)N=C1Nc1c(Cl)cccc1Cl. The molecule has 6 heteroatoms. The Bertz CT molecular complexity index is 676. The van der Waals surface area contributed by atoms with Gasteiger partial charge in [0.25, 0.3) is 0 Å². The quantitative estimate of drug-likeness (QED) is 0.829. The molecule has 1 aromatic heterocycles. The standard InChI is InChI=1S/C15H15Cl2N3S/c1-9-6-7-21-14(9)20-8-10(2)18-15(20)19-13-11(16)4-3-5-12(13)17/h3-7,10H,8H2,1-2H3,(H,18,19). The van der Waals surface area contributed by atoms with E-state index in [0.29, 0.717) is 15.7 Å². The number of guanidine groups is 1. The summed E-state index contributed by atoms with van der Waals surface area (Å²) in [5.74, 6) is 0.794. The fraction of sp³-hybridized carbons (Fsp3) is 0.267. The number of anilines is 2. The minimum Gasteiger partial charge on any atom is -0.323 e. The second-order valence-electron chi connectivity index (χ2n) is 5.04. The van der Waals surface area contributed by atoms with Crippen molar-refractivity contribution in [2.24, 2.45) is 4.99 Å². The average Bonchev–Trinajstić information content (AvgIpc) is 3.00. The Kier molecular flexibility index (Phi) is 4.11. The summed E-state index contributed by atoms with van der Waals surface area (Å²) in [6.07, 6.45) is 0. The summed E-state index contributed by atoms with van der Waals surface area (Å²) in [4.78, 5) is 6.85. The summed E-state index contributed by atoms with van der Waals surface area (Å²) >= 11 is 14.2. The van der Waals surface area contributed by atoms with Gasteiger partial charge in [-0.3, -0.25) is 0 Å². The van der Waals surface area contributed by atoms with Crippen molar-refractivity contribution in [3.8, 4) is 0 Å². The Morgan fingerprint density at radius 2 is 2.00 bits per heavy atom. The fourth-order valence-electron chi connectivity index (χ4n) is 2.32. The van der Waals surface area contributed by atoms with Crippen molar-refractivity contribution < 1.29 is 0 Å². The summed E-state index contributed by atoms with van der Waals surface area (Å²) in [6.45, 7) is 5.06. The Morgan fingerprint density at radius 1 is 1.29 bits per heavy atom. The molecule has 0 aliphatic carbocycles. The first-order chi connectivity index (χ1) is 10.1. The minimum atomic E-state index is 0.232. The molecule has 3 rings (SSSR count). The molecule has 2 heterocycles.